The molecule has 0 aromatic heterocycles. The highest BCUT2D eigenvalue weighted by molar-refractivity contribution is 5.80. The van der Waals surface area contributed by atoms with Gasteiger partial charge in [-0.25, -0.2) is 0 Å². The smallest absolute Gasteiger partial charge is 0.191 e. The summed E-state index contributed by atoms with van der Waals surface area (Å²) in [5.41, 5.74) is 0. The molecule has 0 amide bonds. The molecule has 2 unspecified atom stereocenters. The minimum Gasteiger partial charge on any atom is -0.356 e. The number of aliphatic imine (C=N–C) groups is 1. The van der Waals surface area contributed by atoms with E-state index in [-0.39, 0.29) is 0 Å². The third-order valence-corrected chi connectivity index (χ3v) is 4.92. The molecular formula is C16H32N4. The van der Waals surface area contributed by atoms with E-state index in [1.54, 1.807) is 0 Å². The van der Waals surface area contributed by atoms with Crippen LogP contribution < -0.4 is 10.6 Å². The van der Waals surface area contributed by atoms with Gasteiger partial charge in [0.05, 0.1) is 0 Å². The molecule has 2 aliphatic rings. The van der Waals surface area contributed by atoms with Crippen LogP contribution in [0.2, 0.25) is 0 Å². The van der Waals surface area contributed by atoms with Crippen LogP contribution in [0.3, 0.4) is 0 Å². The molecule has 4 heteroatoms. The average Bonchev–Trinajstić information content (AvgIpc) is 3.23. The number of nitrogens with zero attached hydrogens (tertiary/aromatic N) is 2. The van der Waals surface area contributed by atoms with Crippen molar-refractivity contribution in [3.8, 4) is 0 Å². The van der Waals surface area contributed by atoms with Gasteiger partial charge in [0.1, 0.15) is 0 Å². The van der Waals surface area contributed by atoms with E-state index >= 15 is 0 Å². The molecule has 1 aliphatic heterocycles. The number of rotatable bonds is 6. The molecule has 2 N–H and O–H groups in total. The third-order valence-electron chi connectivity index (χ3n) is 4.92. The topological polar surface area (TPSA) is 39.7 Å². The predicted octanol–water partition coefficient (Wildman–Crippen LogP) is 2.21. The van der Waals surface area contributed by atoms with Crippen LogP contribution in [0.15, 0.2) is 4.99 Å². The van der Waals surface area contributed by atoms with Gasteiger partial charge in [-0.15, -0.1) is 0 Å². The SMILES string of the molecule is CCC(CC)CNC(=NC)NC1CC(C)N(C2CC2)C1. The molecule has 0 aromatic carbocycles. The summed E-state index contributed by atoms with van der Waals surface area (Å²) in [4.78, 5) is 7.05. The maximum atomic E-state index is 4.38. The minimum absolute atomic E-state index is 0.554. The Morgan fingerprint density at radius 1 is 1.30 bits per heavy atom. The highest BCUT2D eigenvalue weighted by atomic mass is 15.3. The second-order valence-corrected chi connectivity index (χ2v) is 6.49. The van der Waals surface area contributed by atoms with Crippen molar-refractivity contribution < 1.29 is 0 Å². The van der Waals surface area contributed by atoms with E-state index < -0.39 is 0 Å². The third kappa shape index (κ3) is 4.11. The molecule has 116 valence electrons. The Morgan fingerprint density at radius 3 is 2.55 bits per heavy atom. The van der Waals surface area contributed by atoms with Crippen molar-refractivity contribution in [2.75, 3.05) is 20.1 Å². The zero-order valence-electron chi connectivity index (χ0n) is 13.7. The molecule has 20 heavy (non-hydrogen) atoms. The lowest BCUT2D eigenvalue weighted by Gasteiger charge is -2.21. The first kappa shape index (κ1) is 15.6. The van der Waals surface area contributed by atoms with E-state index in [0.29, 0.717) is 6.04 Å². The van der Waals surface area contributed by atoms with Gasteiger partial charge in [-0.1, -0.05) is 26.7 Å². The molecule has 2 atom stereocenters. The summed E-state index contributed by atoms with van der Waals surface area (Å²) in [5, 5.41) is 7.10. The molecular weight excluding hydrogens is 248 g/mol. The van der Waals surface area contributed by atoms with Crippen LogP contribution in [0.4, 0.5) is 0 Å². The van der Waals surface area contributed by atoms with Crippen molar-refractivity contribution in [2.45, 2.75) is 71.0 Å². The Kier molecular flexibility index (Phi) is 5.70. The number of hydrogen-bond acceptors (Lipinski definition) is 2. The second kappa shape index (κ2) is 7.30. The highest BCUT2D eigenvalue weighted by Gasteiger charge is 2.38. The molecule has 0 spiro atoms. The summed E-state index contributed by atoms with van der Waals surface area (Å²) in [7, 11) is 1.87. The molecule has 0 aromatic rings. The van der Waals surface area contributed by atoms with E-state index in [1.807, 2.05) is 7.05 Å². The summed E-state index contributed by atoms with van der Waals surface area (Å²) in [5.74, 6) is 1.73. The summed E-state index contributed by atoms with van der Waals surface area (Å²) < 4.78 is 0. The maximum absolute atomic E-state index is 4.38. The summed E-state index contributed by atoms with van der Waals surface area (Å²) >= 11 is 0. The first-order valence-corrected chi connectivity index (χ1v) is 8.40. The van der Waals surface area contributed by atoms with Crippen molar-refractivity contribution in [1.29, 1.82) is 0 Å². The zero-order valence-corrected chi connectivity index (χ0v) is 13.7. The van der Waals surface area contributed by atoms with Crippen LogP contribution in [0, 0.1) is 5.92 Å². The monoisotopic (exact) mass is 280 g/mol. The Bertz CT molecular complexity index is 320. The van der Waals surface area contributed by atoms with Gasteiger partial charge in [0.15, 0.2) is 5.96 Å². The fourth-order valence-electron chi connectivity index (χ4n) is 3.28. The average molecular weight is 280 g/mol. The first-order valence-electron chi connectivity index (χ1n) is 8.40. The first-order chi connectivity index (χ1) is 9.67. The largest absolute Gasteiger partial charge is 0.356 e. The van der Waals surface area contributed by atoms with Crippen LogP contribution in [-0.4, -0.2) is 49.1 Å². The Labute approximate surface area is 124 Å². The van der Waals surface area contributed by atoms with Crippen molar-refractivity contribution in [1.82, 2.24) is 15.5 Å². The lowest BCUT2D eigenvalue weighted by Crippen LogP contribution is -2.45. The quantitative estimate of drug-likeness (QED) is 0.579. The number of guanidine groups is 1. The van der Waals surface area contributed by atoms with Crippen LogP contribution in [0.25, 0.3) is 0 Å². The Balaban J connectivity index is 1.76. The molecule has 1 heterocycles. The summed E-state index contributed by atoms with van der Waals surface area (Å²) in [6.07, 6.45) is 6.51. The van der Waals surface area contributed by atoms with Gasteiger partial charge < -0.3 is 10.6 Å². The highest BCUT2D eigenvalue weighted by Crippen LogP contribution is 2.33. The Morgan fingerprint density at radius 2 is 2.00 bits per heavy atom. The molecule has 0 radical (unpaired) electrons. The maximum Gasteiger partial charge on any atom is 0.191 e. The van der Waals surface area contributed by atoms with Gasteiger partial charge in [0.25, 0.3) is 0 Å². The predicted molar refractivity (Wildman–Crippen MR) is 86.2 cm³/mol. The molecule has 1 saturated heterocycles. The fraction of sp³-hybridized carbons (Fsp3) is 0.938. The Hall–Kier alpha value is -0.770. The zero-order chi connectivity index (χ0) is 14.5. The lowest BCUT2D eigenvalue weighted by atomic mass is 10.0. The van der Waals surface area contributed by atoms with Crippen LogP contribution in [-0.2, 0) is 0 Å². The molecule has 2 fully saturated rings. The number of likely N-dealkylation sites (tertiary alicyclic amines) is 1. The van der Waals surface area contributed by atoms with E-state index in [4.69, 9.17) is 0 Å². The fourth-order valence-corrected chi connectivity index (χ4v) is 3.28. The normalized spacial score (nSPS) is 28.1. The van der Waals surface area contributed by atoms with Crippen molar-refractivity contribution in [3.63, 3.8) is 0 Å². The van der Waals surface area contributed by atoms with Gasteiger partial charge in [0.2, 0.25) is 0 Å². The van der Waals surface area contributed by atoms with Gasteiger partial charge >= 0.3 is 0 Å². The molecule has 4 nitrogen and oxygen atoms in total. The van der Waals surface area contributed by atoms with Crippen LogP contribution in [0.1, 0.15) is 52.9 Å². The van der Waals surface area contributed by atoms with E-state index in [0.717, 1.165) is 30.5 Å². The standard InChI is InChI=1S/C16H32N4/c1-5-13(6-2)10-18-16(17-4)19-14-9-12(3)20(11-14)15-7-8-15/h12-15H,5-11H2,1-4H3,(H2,17,18,19). The summed E-state index contributed by atoms with van der Waals surface area (Å²) in [6.45, 7) is 9.09. The van der Waals surface area contributed by atoms with E-state index in [1.165, 1.54) is 38.6 Å². The van der Waals surface area contributed by atoms with E-state index in [2.05, 4.69) is 41.3 Å². The number of hydrogen-bond donors (Lipinski definition) is 2. The van der Waals surface area contributed by atoms with Gasteiger partial charge in [-0.05, 0) is 32.1 Å². The minimum atomic E-state index is 0.554. The lowest BCUT2D eigenvalue weighted by molar-refractivity contribution is 0.256. The number of nitrogens with one attached hydrogen (secondary N) is 2. The molecule has 1 saturated carbocycles. The molecule has 0 bridgehead atoms. The van der Waals surface area contributed by atoms with Crippen LogP contribution in [0.5, 0.6) is 0 Å². The van der Waals surface area contributed by atoms with Gasteiger partial charge in [0, 0.05) is 38.3 Å². The summed E-state index contributed by atoms with van der Waals surface area (Å²) in [6, 6.07) is 2.15. The van der Waals surface area contributed by atoms with Crippen molar-refractivity contribution >= 4 is 5.96 Å². The van der Waals surface area contributed by atoms with Gasteiger partial charge in [-0.3, -0.25) is 9.89 Å². The second-order valence-electron chi connectivity index (χ2n) is 6.49. The molecule has 2 rings (SSSR count). The van der Waals surface area contributed by atoms with Crippen molar-refractivity contribution in [2.24, 2.45) is 10.9 Å². The van der Waals surface area contributed by atoms with Crippen LogP contribution >= 0.6 is 0 Å². The van der Waals surface area contributed by atoms with Gasteiger partial charge in [-0.2, -0.15) is 0 Å². The van der Waals surface area contributed by atoms with Crippen molar-refractivity contribution in [3.05, 3.63) is 0 Å². The van der Waals surface area contributed by atoms with E-state index in [9.17, 15) is 0 Å². The molecule has 1 aliphatic carbocycles.